The second-order valence-corrected chi connectivity index (χ2v) is 4.48. The molecule has 102 valence electrons. The Labute approximate surface area is 113 Å². The summed E-state index contributed by atoms with van der Waals surface area (Å²) in [4.78, 5) is 7.45. The minimum Gasteiger partial charge on any atom is -0.497 e. The van der Waals surface area contributed by atoms with E-state index in [1.165, 1.54) is 5.69 Å². The van der Waals surface area contributed by atoms with Crippen LogP contribution < -0.4 is 9.64 Å². The zero-order chi connectivity index (χ0) is 13.5. The number of nitrogens with zero attached hydrogens (tertiary/aromatic N) is 5. The Morgan fingerprint density at radius 1 is 1.32 bits per heavy atom. The Balaban J connectivity index is 1.86. The molecule has 1 aromatic carbocycles. The van der Waals surface area contributed by atoms with Crippen LogP contribution in [0.3, 0.4) is 0 Å². The van der Waals surface area contributed by atoms with Crippen molar-refractivity contribution in [2.45, 2.75) is 0 Å². The zero-order valence-corrected chi connectivity index (χ0v) is 11.2. The molecule has 0 aromatic heterocycles. The number of anilines is 1. The van der Waals surface area contributed by atoms with Gasteiger partial charge in [-0.1, -0.05) is 11.2 Å². The third-order valence-corrected chi connectivity index (χ3v) is 3.37. The summed E-state index contributed by atoms with van der Waals surface area (Å²) < 4.78 is 5.25. The third-order valence-electron chi connectivity index (χ3n) is 3.37. The number of piperazine rings is 1. The maximum atomic E-state index is 8.26. The molecule has 1 aliphatic rings. The van der Waals surface area contributed by atoms with E-state index in [2.05, 4.69) is 32.0 Å². The van der Waals surface area contributed by atoms with Gasteiger partial charge in [0.2, 0.25) is 0 Å². The normalized spacial score (nSPS) is 15.9. The standard InChI is InChI=1S/C13H19N5O/c1-19-13-4-2-3-12(11-13)18-9-7-17(8-10-18)6-5-15-16-14/h2-4,11H,5-10H2,1H3. The van der Waals surface area contributed by atoms with Crippen molar-refractivity contribution in [3.05, 3.63) is 34.7 Å². The van der Waals surface area contributed by atoms with Crippen LogP contribution in [0, 0.1) is 0 Å². The highest BCUT2D eigenvalue weighted by molar-refractivity contribution is 5.51. The fraction of sp³-hybridized carbons (Fsp3) is 0.538. The largest absolute Gasteiger partial charge is 0.497 e. The van der Waals surface area contributed by atoms with Gasteiger partial charge in [-0.3, -0.25) is 4.90 Å². The van der Waals surface area contributed by atoms with Crippen LogP contribution in [-0.2, 0) is 0 Å². The van der Waals surface area contributed by atoms with Gasteiger partial charge < -0.3 is 9.64 Å². The summed E-state index contributed by atoms with van der Waals surface area (Å²) in [5, 5.41) is 3.57. The maximum absolute atomic E-state index is 8.26. The van der Waals surface area contributed by atoms with Crippen LogP contribution in [0.2, 0.25) is 0 Å². The summed E-state index contributed by atoms with van der Waals surface area (Å²) in [5.74, 6) is 0.892. The van der Waals surface area contributed by atoms with Crippen LogP contribution in [0.15, 0.2) is 29.4 Å². The van der Waals surface area contributed by atoms with E-state index >= 15 is 0 Å². The molecule has 6 heteroatoms. The van der Waals surface area contributed by atoms with Crippen molar-refractivity contribution >= 4 is 5.69 Å². The van der Waals surface area contributed by atoms with Crippen molar-refractivity contribution in [3.8, 4) is 5.75 Å². The van der Waals surface area contributed by atoms with E-state index in [0.717, 1.165) is 38.5 Å². The van der Waals surface area contributed by atoms with Gasteiger partial charge in [-0.25, -0.2) is 0 Å². The molecule has 0 amide bonds. The number of azide groups is 1. The van der Waals surface area contributed by atoms with Crippen molar-refractivity contribution in [2.24, 2.45) is 5.11 Å². The van der Waals surface area contributed by atoms with Gasteiger partial charge in [0, 0.05) is 55.9 Å². The molecular weight excluding hydrogens is 242 g/mol. The van der Waals surface area contributed by atoms with Crippen LogP contribution in [-0.4, -0.2) is 51.3 Å². The zero-order valence-electron chi connectivity index (χ0n) is 11.2. The molecule has 19 heavy (non-hydrogen) atoms. The van der Waals surface area contributed by atoms with E-state index in [1.807, 2.05) is 12.1 Å². The van der Waals surface area contributed by atoms with E-state index in [9.17, 15) is 0 Å². The Bertz CT molecular complexity index is 450. The molecule has 2 rings (SSSR count). The Morgan fingerprint density at radius 3 is 2.79 bits per heavy atom. The summed E-state index contributed by atoms with van der Waals surface area (Å²) in [7, 11) is 1.69. The van der Waals surface area contributed by atoms with Crippen LogP contribution >= 0.6 is 0 Å². The lowest BCUT2D eigenvalue weighted by Crippen LogP contribution is -2.47. The summed E-state index contributed by atoms with van der Waals surface area (Å²) in [6.45, 7) is 5.37. The van der Waals surface area contributed by atoms with Crippen LogP contribution in [0.5, 0.6) is 5.75 Å². The third kappa shape index (κ3) is 3.77. The fourth-order valence-electron chi connectivity index (χ4n) is 2.27. The Hall–Kier alpha value is -1.91. The number of methoxy groups -OCH3 is 1. The van der Waals surface area contributed by atoms with Crippen LogP contribution in [0.25, 0.3) is 10.4 Å². The van der Waals surface area contributed by atoms with Crippen LogP contribution in [0.1, 0.15) is 0 Å². The van der Waals surface area contributed by atoms with Crippen molar-refractivity contribution in [1.82, 2.24) is 4.90 Å². The average Bonchev–Trinajstić information content (AvgIpc) is 2.48. The van der Waals surface area contributed by atoms with Gasteiger partial charge in [-0.05, 0) is 17.7 Å². The SMILES string of the molecule is COc1cccc(N2CCN(CCN=[N+]=[N-])CC2)c1. The van der Waals surface area contributed by atoms with E-state index in [0.29, 0.717) is 6.54 Å². The smallest absolute Gasteiger partial charge is 0.120 e. The molecule has 0 spiro atoms. The van der Waals surface area contributed by atoms with Crippen molar-refractivity contribution in [1.29, 1.82) is 0 Å². The van der Waals surface area contributed by atoms with Crippen molar-refractivity contribution < 1.29 is 4.74 Å². The molecular formula is C13H19N5O. The summed E-state index contributed by atoms with van der Waals surface area (Å²) in [6, 6.07) is 8.15. The van der Waals surface area contributed by atoms with Gasteiger partial charge in [0.15, 0.2) is 0 Å². The van der Waals surface area contributed by atoms with Gasteiger partial charge in [-0.15, -0.1) is 0 Å². The highest BCUT2D eigenvalue weighted by Gasteiger charge is 2.16. The number of hydrogen-bond donors (Lipinski definition) is 0. The fourth-order valence-corrected chi connectivity index (χ4v) is 2.27. The van der Waals surface area contributed by atoms with E-state index in [4.69, 9.17) is 10.3 Å². The summed E-state index contributed by atoms with van der Waals surface area (Å²) in [5.41, 5.74) is 9.46. The second kappa shape index (κ2) is 6.87. The first-order chi connectivity index (χ1) is 9.33. The Morgan fingerprint density at radius 2 is 2.11 bits per heavy atom. The van der Waals surface area contributed by atoms with Gasteiger partial charge >= 0.3 is 0 Å². The van der Waals surface area contributed by atoms with Crippen LogP contribution in [0.4, 0.5) is 5.69 Å². The van der Waals surface area contributed by atoms with Crippen molar-refractivity contribution in [2.75, 3.05) is 51.3 Å². The molecule has 0 aliphatic carbocycles. The molecule has 0 saturated carbocycles. The first-order valence-electron chi connectivity index (χ1n) is 6.45. The molecule has 1 aliphatic heterocycles. The lowest BCUT2D eigenvalue weighted by Gasteiger charge is -2.36. The molecule has 1 heterocycles. The molecule has 1 fully saturated rings. The minimum absolute atomic E-state index is 0.551. The van der Waals surface area contributed by atoms with Gasteiger partial charge in [0.1, 0.15) is 5.75 Å². The summed E-state index contributed by atoms with van der Waals surface area (Å²) in [6.07, 6.45) is 0. The van der Waals surface area contributed by atoms with E-state index < -0.39 is 0 Å². The van der Waals surface area contributed by atoms with E-state index in [1.54, 1.807) is 7.11 Å². The predicted octanol–water partition coefficient (Wildman–Crippen LogP) is 2.13. The van der Waals surface area contributed by atoms with Gasteiger partial charge in [-0.2, -0.15) is 0 Å². The van der Waals surface area contributed by atoms with Gasteiger partial charge in [0.25, 0.3) is 0 Å². The molecule has 1 aromatic rings. The number of hydrogen-bond acceptors (Lipinski definition) is 4. The Kier molecular flexibility index (Phi) is 4.89. The first-order valence-corrected chi connectivity index (χ1v) is 6.45. The average molecular weight is 261 g/mol. The molecule has 0 N–H and O–H groups in total. The summed E-state index contributed by atoms with van der Waals surface area (Å²) >= 11 is 0. The monoisotopic (exact) mass is 261 g/mol. The predicted molar refractivity (Wildman–Crippen MR) is 75.7 cm³/mol. The van der Waals surface area contributed by atoms with E-state index in [-0.39, 0.29) is 0 Å². The topological polar surface area (TPSA) is 64.5 Å². The quantitative estimate of drug-likeness (QED) is 0.463. The number of benzene rings is 1. The molecule has 0 bridgehead atoms. The molecule has 0 unspecified atom stereocenters. The molecule has 1 saturated heterocycles. The second-order valence-electron chi connectivity index (χ2n) is 4.48. The maximum Gasteiger partial charge on any atom is 0.120 e. The molecule has 6 nitrogen and oxygen atoms in total. The highest BCUT2D eigenvalue weighted by Crippen LogP contribution is 2.21. The first kappa shape index (κ1) is 13.5. The lowest BCUT2D eigenvalue weighted by atomic mass is 10.2. The van der Waals surface area contributed by atoms with Gasteiger partial charge in [0.05, 0.1) is 7.11 Å². The molecule has 0 atom stereocenters. The lowest BCUT2D eigenvalue weighted by molar-refractivity contribution is 0.265. The number of ether oxygens (including phenoxy) is 1. The number of rotatable bonds is 5. The van der Waals surface area contributed by atoms with Crippen molar-refractivity contribution in [3.63, 3.8) is 0 Å². The minimum atomic E-state index is 0.551. The molecule has 0 radical (unpaired) electrons. The highest BCUT2D eigenvalue weighted by atomic mass is 16.5.